The minimum Gasteiger partial charge on any atom is -0.385 e. The van der Waals surface area contributed by atoms with Gasteiger partial charge in [-0.3, -0.25) is 0 Å². The fourth-order valence-corrected chi connectivity index (χ4v) is 4.49. The third-order valence-electron chi connectivity index (χ3n) is 6.61. The van der Waals surface area contributed by atoms with Gasteiger partial charge in [0.1, 0.15) is 0 Å². The van der Waals surface area contributed by atoms with Gasteiger partial charge in [0.05, 0.1) is 18.2 Å². The summed E-state index contributed by atoms with van der Waals surface area (Å²) < 4.78 is 5.99. The monoisotopic (exact) mass is 359 g/mol. The van der Waals surface area contributed by atoms with Crippen LogP contribution in [0.4, 0.5) is 11.4 Å². The first kappa shape index (κ1) is 19.5. The smallest absolute Gasteiger partial charge is 0.0751 e. The topological polar surface area (TPSA) is 50.5 Å². The maximum absolute atomic E-state index is 6.03. The number of nitrogens with zero attached hydrogens (tertiary/aromatic N) is 1. The van der Waals surface area contributed by atoms with Crippen molar-refractivity contribution >= 4 is 11.4 Å². The van der Waals surface area contributed by atoms with Gasteiger partial charge in [0.15, 0.2) is 0 Å². The number of hydrogen-bond acceptors (Lipinski definition) is 4. The summed E-state index contributed by atoms with van der Waals surface area (Å²) in [4.78, 5) is 2.52. The molecule has 0 aromatic heterocycles. The van der Waals surface area contributed by atoms with Gasteiger partial charge in [0.2, 0.25) is 0 Å². The summed E-state index contributed by atoms with van der Waals surface area (Å²) in [5.74, 6) is 0.759. The van der Waals surface area contributed by atoms with Gasteiger partial charge in [-0.15, -0.1) is 0 Å². The minimum atomic E-state index is 0.258. The Balaban J connectivity index is 1.70. The van der Waals surface area contributed by atoms with E-state index in [0.717, 1.165) is 19.0 Å². The Hall–Kier alpha value is -1.26. The van der Waals surface area contributed by atoms with Gasteiger partial charge in [-0.05, 0) is 89.5 Å². The fraction of sp³-hybridized carbons (Fsp3) is 0.727. The van der Waals surface area contributed by atoms with E-state index in [1.807, 2.05) is 0 Å². The van der Waals surface area contributed by atoms with Crippen molar-refractivity contribution in [2.45, 2.75) is 84.6 Å². The number of nitrogens with two attached hydrogens (primary N) is 1. The molecule has 0 radical (unpaired) electrons. The van der Waals surface area contributed by atoms with Crippen LogP contribution in [0.15, 0.2) is 12.1 Å². The summed E-state index contributed by atoms with van der Waals surface area (Å²) in [6.45, 7) is 13.1. The van der Waals surface area contributed by atoms with Crippen LogP contribution in [-0.4, -0.2) is 37.4 Å². The maximum Gasteiger partial charge on any atom is 0.0751 e. The van der Waals surface area contributed by atoms with Crippen molar-refractivity contribution in [2.24, 2.45) is 11.7 Å². The summed E-state index contributed by atoms with van der Waals surface area (Å²) in [6, 6.07) is 5.39. The van der Waals surface area contributed by atoms with E-state index < -0.39 is 0 Å². The number of benzene rings is 1. The molecule has 1 aliphatic carbocycles. The van der Waals surface area contributed by atoms with E-state index in [4.69, 9.17) is 10.5 Å². The van der Waals surface area contributed by atoms with Gasteiger partial charge in [-0.2, -0.15) is 0 Å². The lowest BCUT2D eigenvalue weighted by molar-refractivity contribution is -0.0258. The first-order valence-electron chi connectivity index (χ1n) is 10.4. The lowest BCUT2D eigenvalue weighted by Crippen LogP contribution is -2.52. The molecule has 2 aliphatic rings. The highest BCUT2D eigenvalue weighted by Crippen LogP contribution is 2.33. The van der Waals surface area contributed by atoms with Gasteiger partial charge in [-0.25, -0.2) is 0 Å². The molecule has 4 heteroatoms. The number of nitrogens with one attached hydrogen (secondary N) is 1. The normalized spacial score (nSPS) is 32.5. The Morgan fingerprint density at radius 3 is 2.46 bits per heavy atom. The summed E-state index contributed by atoms with van der Waals surface area (Å²) in [6.07, 6.45) is 5.39. The Kier molecular flexibility index (Phi) is 6.13. The van der Waals surface area contributed by atoms with Crippen LogP contribution in [0.2, 0.25) is 0 Å². The van der Waals surface area contributed by atoms with Gasteiger partial charge in [-0.1, -0.05) is 0 Å². The molecule has 2 fully saturated rings. The van der Waals surface area contributed by atoms with Crippen LogP contribution in [0, 0.1) is 19.8 Å². The maximum atomic E-state index is 6.03. The SMILES string of the molecule is Cc1c(NCC2CCC(N)CC2)ccc(N2C[C@H](C)O[C@H](C)C2C)c1C. The third kappa shape index (κ3) is 4.17. The Bertz CT molecular complexity index is 610. The predicted molar refractivity (Wildman–Crippen MR) is 111 cm³/mol. The summed E-state index contributed by atoms with van der Waals surface area (Å²) >= 11 is 0. The number of anilines is 2. The van der Waals surface area contributed by atoms with Crippen molar-refractivity contribution in [3.63, 3.8) is 0 Å². The van der Waals surface area contributed by atoms with E-state index in [1.54, 1.807) is 0 Å². The van der Waals surface area contributed by atoms with Gasteiger partial charge in [0.25, 0.3) is 0 Å². The number of ether oxygens (including phenoxy) is 1. The molecule has 1 aromatic rings. The van der Waals surface area contributed by atoms with Crippen molar-refractivity contribution in [2.75, 3.05) is 23.3 Å². The highest BCUT2D eigenvalue weighted by atomic mass is 16.5. The second-order valence-corrected chi connectivity index (χ2v) is 8.59. The van der Waals surface area contributed by atoms with E-state index in [0.29, 0.717) is 12.1 Å². The Labute approximate surface area is 159 Å². The van der Waals surface area contributed by atoms with E-state index in [2.05, 4.69) is 57.0 Å². The number of rotatable bonds is 4. The van der Waals surface area contributed by atoms with Crippen LogP contribution >= 0.6 is 0 Å². The largest absolute Gasteiger partial charge is 0.385 e. The zero-order valence-corrected chi connectivity index (χ0v) is 17.2. The molecule has 146 valence electrons. The molecular weight excluding hydrogens is 322 g/mol. The van der Waals surface area contributed by atoms with Crippen LogP contribution in [0.25, 0.3) is 0 Å². The highest BCUT2D eigenvalue weighted by Gasteiger charge is 2.30. The Morgan fingerprint density at radius 2 is 1.77 bits per heavy atom. The molecule has 1 aromatic carbocycles. The highest BCUT2D eigenvalue weighted by molar-refractivity contribution is 5.66. The van der Waals surface area contributed by atoms with Crippen molar-refractivity contribution in [3.05, 3.63) is 23.3 Å². The van der Waals surface area contributed by atoms with Crippen LogP contribution in [-0.2, 0) is 4.74 Å². The first-order valence-corrected chi connectivity index (χ1v) is 10.4. The summed E-state index contributed by atoms with van der Waals surface area (Å²) in [5.41, 5.74) is 11.4. The molecule has 4 nitrogen and oxygen atoms in total. The molecule has 0 bridgehead atoms. The van der Waals surface area contributed by atoms with Crippen LogP contribution in [0.3, 0.4) is 0 Å². The van der Waals surface area contributed by atoms with Crippen LogP contribution < -0.4 is 16.0 Å². The second-order valence-electron chi connectivity index (χ2n) is 8.59. The summed E-state index contributed by atoms with van der Waals surface area (Å²) in [7, 11) is 0. The molecule has 1 heterocycles. The molecule has 3 atom stereocenters. The lowest BCUT2D eigenvalue weighted by Gasteiger charge is -2.43. The van der Waals surface area contributed by atoms with Gasteiger partial charge < -0.3 is 20.7 Å². The average Bonchev–Trinajstić information content (AvgIpc) is 2.61. The molecule has 0 spiro atoms. The molecule has 1 aliphatic heterocycles. The molecular formula is C22H37N3O. The van der Waals surface area contributed by atoms with E-state index in [-0.39, 0.29) is 12.2 Å². The fourth-order valence-electron chi connectivity index (χ4n) is 4.49. The quantitative estimate of drug-likeness (QED) is 0.844. The zero-order valence-electron chi connectivity index (χ0n) is 17.2. The molecule has 0 amide bonds. The van der Waals surface area contributed by atoms with Crippen molar-refractivity contribution in [1.82, 2.24) is 0 Å². The molecule has 3 rings (SSSR count). The average molecular weight is 360 g/mol. The second kappa shape index (κ2) is 8.18. The number of morpholine rings is 1. The predicted octanol–water partition coefficient (Wildman–Crippen LogP) is 4.23. The van der Waals surface area contributed by atoms with Crippen LogP contribution in [0.1, 0.15) is 57.6 Å². The molecule has 1 saturated carbocycles. The van der Waals surface area contributed by atoms with E-state index in [9.17, 15) is 0 Å². The lowest BCUT2D eigenvalue weighted by atomic mass is 9.86. The molecule has 1 saturated heterocycles. The Morgan fingerprint density at radius 1 is 1.08 bits per heavy atom. The van der Waals surface area contributed by atoms with Crippen molar-refractivity contribution in [3.8, 4) is 0 Å². The first-order chi connectivity index (χ1) is 12.4. The van der Waals surface area contributed by atoms with Crippen molar-refractivity contribution < 1.29 is 4.74 Å². The number of hydrogen-bond donors (Lipinski definition) is 2. The zero-order chi connectivity index (χ0) is 18.8. The van der Waals surface area contributed by atoms with E-state index in [1.165, 1.54) is 48.2 Å². The van der Waals surface area contributed by atoms with E-state index >= 15 is 0 Å². The third-order valence-corrected chi connectivity index (χ3v) is 6.61. The summed E-state index contributed by atoms with van der Waals surface area (Å²) in [5, 5.41) is 3.71. The molecule has 3 N–H and O–H groups in total. The standard InChI is InChI=1S/C22H37N3O/c1-14-13-25(17(4)18(5)26-14)22-11-10-21(15(2)16(22)3)24-12-19-6-8-20(23)9-7-19/h10-11,14,17-20,24H,6-9,12-13,23H2,1-5H3/t14-,17?,18+,19?,20?/m0/s1. The molecule has 26 heavy (non-hydrogen) atoms. The van der Waals surface area contributed by atoms with Gasteiger partial charge >= 0.3 is 0 Å². The van der Waals surface area contributed by atoms with Crippen LogP contribution in [0.5, 0.6) is 0 Å². The van der Waals surface area contributed by atoms with Crippen molar-refractivity contribution in [1.29, 1.82) is 0 Å². The minimum absolute atomic E-state index is 0.258. The van der Waals surface area contributed by atoms with Gasteiger partial charge in [0, 0.05) is 30.5 Å². The molecule has 1 unspecified atom stereocenters.